The zero-order chi connectivity index (χ0) is 27.1. The number of unbranched alkanes of at least 4 members (excludes halogenated alkanes) is 1. The molecule has 0 fully saturated rings. The summed E-state index contributed by atoms with van der Waals surface area (Å²) in [6.45, 7) is 5.77. The van der Waals surface area contributed by atoms with Crippen molar-refractivity contribution in [2.75, 3.05) is 13.7 Å². The van der Waals surface area contributed by atoms with E-state index >= 15 is 0 Å². The number of aryl methyl sites for hydroxylation is 1. The number of ether oxygens (including phenoxy) is 2. The van der Waals surface area contributed by atoms with E-state index in [9.17, 15) is 19.2 Å². The maximum Gasteiger partial charge on any atom is 0.328 e. The number of carbonyl (C=O) groups is 4. The lowest BCUT2D eigenvalue weighted by atomic mass is 10.1. The maximum atomic E-state index is 12.4. The van der Waals surface area contributed by atoms with Gasteiger partial charge in [-0.3, -0.25) is 14.4 Å². The van der Waals surface area contributed by atoms with Crippen molar-refractivity contribution in [2.24, 2.45) is 5.73 Å². The van der Waals surface area contributed by atoms with Crippen LogP contribution >= 0.6 is 22.6 Å². The number of esters is 2. The maximum absolute atomic E-state index is 12.4. The summed E-state index contributed by atoms with van der Waals surface area (Å²) in [5, 5.41) is 5.50. The lowest BCUT2D eigenvalue weighted by Crippen LogP contribution is -2.49. The molecule has 0 aromatic heterocycles. The van der Waals surface area contributed by atoms with Gasteiger partial charge >= 0.3 is 11.9 Å². The summed E-state index contributed by atoms with van der Waals surface area (Å²) >= 11 is 2.26. The molecule has 1 unspecified atom stereocenters. The van der Waals surface area contributed by atoms with Crippen LogP contribution in [0.25, 0.3) is 0 Å². The predicted molar refractivity (Wildman–Crippen MR) is 146 cm³/mol. The lowest BCUT2D eigenvalue weighted by Gasteiger charge is -2.21. The van der Waals surface area contributed by atoms with Gasteiger partial charge in [-0.2, -0.15) is 0 Å². The summed E-state index contributed by atoms with van der Waals surface area (Å²) in [6, 6.07) is 6.45. The summed E-state index contributed by atoms with van der Waals surface area (Å²) in [7, 11) is 1.25. The van der Waals surface area contributed by atoms with Crippen molar-refractivity contribution >= 4 is 46.3 Å². The van der Waals surface area contributed by atoms with Gasteiger partial charge in [-0.05, 0) is 99.6 Å². The summed E-state index contributed by atoms with van der Waals surface area (Å²) in [5.41, 5.74) is 6.49. The van der Waals surface area contributed by atoms with Gasteiger partial charge in [0.1, 0.15) is 11.6 Å². The lowest BCUT2D eigenvalue weighted by molar-refractivity contribution is -0.155. The largest absolute Gasteiger partial charge is 0.467 e. The van der Waals surface area contributed by atoms with Crippen molar-refractivity contribution in [3.05, 3.63) is 33.4 Å². The van der Waals surface area contributed by atoms with Crippen molar-refractivity contribution in [2.45, 2.75) is 89.8 Å². The number of carbonyl (C=O) groups excluding carboxylic acids is 4. The van der Waals surface area contributed by atoms with Gasteiger partial charge in [-0.15, -0.1) is 0 Å². The van der Waals surface area contributed by atoms with Crippen LogP contribution in [0, 0.1) is 3.57 Å². The molecule has 10 heteroatoms. The monoisotopic (exact) mass is 617 g/mol. The van der Waals surface area contributed by atoms with Gasteiger partial charge in [0.15, 0.2) is 0 Å². The van der Waals surface area contributed by atoms with Gasteiger partial charge in [0.2, 0.25) is 11.8 Å². The molecule has 0 saturated carbocycles. The minimum atomic E-state index is -0.955. The number of nitrogens with one attached hydrogen (secondary N) is 2. The number of hydrogen-bond acceptors (Lipinski definition) is 7. The molecule has 1 aromatic rings. The predicted octanol–water partition coefficient (Wildman–Crippen LogP) is 3.01. The Kier molecular flexibility index (Phi) is 14.6. The Morgan fingerprint density at radius 1 is 1.00 bits per heavy atom. The Hall–Kier alpha value is -2.21. The second kappa shape index (κ2) is 16.5. The van der Waals surface area contributed by atoms with Crippen molar-refractivity contribution in [1.82, 2.24) is 10.6 Å². The molecule has 2 atom stereocenters. The third kappa shape index (κ3) is 14.4. The molecule has 0 heterocycles. The van der Waals surface area contributed by atoms with Gasteiger partial charge in [-0.1, -0.05) is 12.1 Å². The second-order valence-electron chi connectivity index (χ2n) is 9.64. The number of hydrogen-bond donors (Lipinski definition) is 3. The fraction of sp³-hybridized carbons (Fsp3) is 0.615. The van der Waals surface area contributed by atoms with Crippen LogP contribution in [0.3, 0.4) is 0 Å². The topological polar surface area (TPSA) is 137 Å². The van der Waals surface area contributed by atoms with Gasteiger partial charge < -0.3 is 25.8 Å². The van der Waals surface area contributed by atoms with Crippen molar-refractivity contribution < 1.29 is 28.7 Å². The van der Waals surface area contributed by atoms with Crippen LogP contribution in [0.15, 0.2) is 24.3 Å². The van der Waals surface area contributed by atoms with E-state index in [4.69, 9.17) is 15.2 Å². The molecular weight excluding hydrogens is 577 g/mol. The van der Waals surface area contributed by atoms with E-state index in [1.54, 1.807) is 20.8 Å². The fourth-order valence-corrected chi connectivity index (χ4v) is 3.72. The van der Waals surface area contributed by atoms with Crippen LogP contribution in [0.1, 0.15) is 71.3 Å². The van der Waals surface area contributed by atoms with Crippen molar-refractivity contribution in [1.29, 1.82) is 0 Å². The zero-order valence-corrected chi connectivity index (χ0v) is 23.9. The number of nitrogens with two attached hydrogens (primary N) is 1. The average molecular weight is 618 g/mol. The average Bonchev–Trinajstić information content (AvgIpc) is 2.81. The van der Waals surface area contributed by atoms with E-state index in [2.05, 4.69) is 57.5 Å². The molecule has 0 bridgehead atoms. The third-order valence-corrected chi connectivity index (χ3v) is 5.96. The van der Waals surface area contributed by atoms with Crippen LogP contribution < -0.4 is 16.4 Å². The standard InChI is InChI=1S/C26H40IN3O6/c1-26(2,3)36-23(32)16-15-20(28)24(33)30-21(25(34)35-4)9-5-6-17-29-22(31)10-7-8-18-11-13-19(27)14-12-18/h11-14,20-21H,5-10,15-17,28H2,1-4H3,(H,29,31)(H,30,33)/t20-,21?/m0/s1. The van der Waals surface area contributed by atoms with E-state index in [-0.39, 0.29) is 18.7 Å². The van der Waals surface area contributed by atoms with E-state index < -0.39 is 35.5 Å². The summed E-state index contributed by atoms with van der Waals surface area (Å²) in [5.74, 6) is -1.54. The van der Waals surface area contributed by atoms with Gasteiger partial charge in [0.05, 0.1) is 13.2 Å². The van der Waals surface area contributed by atoms with Gasteiger partial charge in [0.25, 0.3) is 0 Å². The van der Waals surface area contributed by atoms with Crippen molar-refractivity contribution in [3.8, 4) is 0 Å². The Labute approximate surface area is 227 Å². The highest BCUT2D eigenvalue weighted by molar-refractivity contribution is 14.1. The first-order chi connectivity index (χ1) is 16.9. The smallest absolute Gasteiger partial charge is 0.328 e. The number of methoxy groups -OCH3 is 1. The van der Waals surface area contributed by atoms with Crippen LogP contribution in [-0.4, -0.2) is 55.1 Å². The molecule has 36 heavy (non-hydrogen) atoms. The first kappa shape index (κ1) is 31.8. The molecule has 2 amide bonds. The summed E-state index contributed by atoms with van der Waals surface area (Å²) in [6.07, 6.45) is 3.77. The molecular formula is C26H40IN3O6. The van der Waals surface area contributed by atoms with Crippen LogP contribution in [-0.2, 0) is 35.1 Å². The summed E-state index contributed by atoms with van der Waals surface area (Å²) < 4.78 is 11.2. The normalized spacial score (nSPS) is 12.8. The fourth-order valence-electron chi connectivity index (χ4n) is 3.36. The summed E-state index contributed by atoms with van der Waals surface area (Å²) in [4.78, 5) is 48.4. The molecule has 1 aromatic carbocycles. The first-order valence-electron chi connectivity index (χ1n) is 12.3. The molecule has 0 saturated heterocycles. The number of benzene rings is 1. The minimum Gasteiger partial charge on any atom is -0.467 e. The van der Waals surface area contributed by atoms with E-state index in [0.717, 1.165) is 12.8 Å². The number of amides is 2. The number of halogens is 1. The molecule has 202 valence electrons. The Balaban J connectivity index is 2.30. The second-order valence-corrected chi connectivity index (χ2v) is 10.9. The number of rotatable bonds is 15. The molecule has 0 aliphatic rings. The highest BCUT2D eigenvalue weighted by Crippen LogP contribution is 2.11. The molecule has 4 N–H and O–H groups in total. The van der Waals surface area contributed by atoms with E-state index in [1.165, 1.54) is 16.2 Å². The third-order valence-electron chi connectivity index (χ3n) is 5.24. The Bertz CT molecular complexity index is 854. The molecule has 9 nitrogen and oxygen atoms in total. The van der Waals surface area contributed by atoms with Crippen LogP contribution in [0.5, 0.6) is 0 Å². The molecule has 1 rings (SSSR count). The highest BCUT2D eigenvalue weighted by atomic mass is 127. The molecule has 0 aliphatic carbocycles. The van der Waals surface area contributed by atoms with Gasteiger partial charge in [0, 0.05) is 23.0 Å². The van der Waals surface area contributed by atoms with Crippen LogP contribution in [0.2, 0.25) is 0 Å². The zero-order valence-electron chi connectivity index (χ0n) is 21.7. The SMILES string of the molecule is COC(=O)C(CCCCNC(=O)CCCc1ccc(I)cc1)NC(=O)[C@@H](N)CCC(=O)OC(C)(C)C. The van der Waals surface area contributed by atoms with Crippen LogP contribution in [0.4, 0.5) is 0 Å². The minimum absolute atomic E-state index is 0.000831. The quantitative estimate of drug-likeness (QED) is 0.156. The Morgan fingerprint density at radius 2 is 1.67 bits per heavy atom. The Morgan fingerprint density at radius 3 is 2.28 bits per heavy atom. The highest BCUT2D eigenvalue weighted by Gasteiger charge is 2.25. The first-order valence-corrected chi connectivity index (χ1v) is 13.4. The van der Waals surface area contributed by atoms with E-state index in [1.807, 2.05) is 0 Å². The van der Waals surface area contributed by atoms with E-state index in [0.29, 0.717) is 32.2 Å². The van der Waals surface area contributed by atoms with Gasteiger partial charge in [-0.25, -0.2) is 4.79 Å². The molecule has 0 spiro atoms. The van der Waals surface area contributed by atoms with Crippen molar-refractivity contribution in [3.63, 3.8) is 0 Å². The molecule has 0 radical (unpaired) electrons. The molecule has 0 aliphatic heterocycles.